The van der Waals surface area contributed by atoms with Crippen LogP contribution in [0.25, 0.3) is 0 Å². The van der Waals surface area contributed by atoms with Crippen molar-refractivity contribution >= 4 is 11.8 Å². The van der Waals surface area contributed by atoms with Crippen molar-refractivity contribution in [3.8, 4) is 0 Å². The summed E-state index contributed by atoms with van der Waals surface area (Å²) in [7, 11) is 1.82. The Bertz CT molecular complexity index is 610. The number of rotatable bonds is 3. The van der Waals surface area contributed by atoms with Crippen molar-refractivity contribution < 1.29 is 4.79 Å². The average molecular weight is 285 g/mol. The van der Waals surface area contributed by atoms with Crippen LogP contribution in [0.4, 0.5) is 10.6 Å². The van der Waals surface area contributed by atoms with Gasteiger partial charge in [0.1, 0.15) is 11.6 Å². The number of pyridine rings is 1. The van der Waals surface area contributed by atoms with Crippen LogP contribution >= 0.6 is 0 Å². The van der Waals surface area contributed by atoms with Crippen LogP contribution in [0.3, 0.4) is 0 Å². The Morgan fingerprint density at radius 3 is 3.14 bits per heavy atom. The second kappa shape index (κ2) is 5.95. The van der Waals surface area contributed by atoms with Gasteiger partial charge in [-0.05, 0) is 24.5 Å². The Morgan fingerprint density at radius 1 is 1.43 bits per heavy atom. The SMILES string of the molecule is CN(C[C@H]1CCc2nccn2C1)C(=O)Nc1ccccn1. The number of aromatic nitrogens is 3. The van der Waals surface area contributed by atoms with Crippen molar-refractivity contribution in [2.24, 2.45) is 5.92 Å². The van der Waals surface area contributed by atoms with Gasteiger partial charge in [0.2, 0.25) is 0 Å². The molecular formula is C15H19N5O. The zero-order valence-electron chi connectivity index (χ0n) is 12.1. The molecule has 1 aliphatic heterocycles. The predicted molar refractivity (Wildman–Crippen MR) is 79.9 cm³/mol. The quantitative estimate of drug-likeness (QED) is 0.938. The molecule has 0 saturated carbocycles. The summed E-state index contributed by atoms with van der Waals surface area (Å²) in [4.78, 5) is 22.3. The molecule has 6 heteroatoms. The largest absolute Gasteiger partial charge is 0.335 e. The predicted octanol–water partition coefficient (Wildman–Crippen LogP) is 2.00. The van der Waals surface area contributed by atoms with E-state index in [1.165, 1.54) is 0 Å². The maximum atomic E-state index is 12.1. The Kier molecular flexibility index (Phi) is 3.85. The van der Waals surface area contributed by atoms with Gasteiger partial charge in [0.25, 0.3) is 0 Å². The van der Waals surface area contributed by atoms with Gasteiger partial charge < -0.3 is 9.47 Å². The number of fused-ring (bicyclic) bond motifs is 1. The summed E-state index contributed by atoms with van der Waals surface area (Å²) in [6.45, 7) is 1.66. The summed E-state index contributed by atoms with van der Waals surface area (Å²) in [5.74, 6) is 2.19. The lowest BCUT2D eigenvalue weighted by Gasteiger charge is -2.28. The molecule has 3 rings (SSSR count). The molecule has 0 saturated heterocycles. The average Bonchev–Trinajstić information content (AvgIpc) is 2.95. The minimum absolute atomic E-state index is 0.120. The number of nitrogens with one attached hydrogen (secondary N) is 1. The lowest BCUT2D eigenvalue weighted by molar-refractivity contribution is 0.205. The molecule has 0 spiro atoms. The highest BCUT2D eigenvalue weighted by molar-refractivity contribution is 5.88. The van der Waals surface area contributed by atoms with E-state index in [9.17, 15) is 4.79 Å². The first-order valence-corrected chi connectivity index (χ1v) is 7.15. The summed E-state index contributed by atoms with van der Waals surface area (Å²) in [6.07, 6.45) is 7.56. The fraction of sp³-hybridized carbons (Fsp3) is 0.400. The van der Waals surface area contributed by atoms with E-state index >= 15 is 0 Å². The van der Waals surface area contributed by atoms with Crippen molar-refractivity contribution in [1.82, 2.24) is 19.4 Å². The molecule has 0 aliphatic carbocycles. The molecule has 1 N–H and O–H groups in total. The van der Waals surface area contributed by atoms with Crippen molar-refractivity contribution in [3.05, 3.63) is 42.6 Å². The highest BCUT2D eigenvalue weighted by atomic mass is 16.2. The number of anilines is 1. The topological polar surface area (TPSA) is 63.1 Å². The number of hydrogen-bond acceptors (Lipinski definition) is 3. The van der Waals surface area contributed by atoms with Crippen molar-refractivity contribution in [2.75, 3.05) is 18.9 Å². The first kappa shape index (κ1) is 13.6. The minimum Gasteiger partial charge on any atom is -0.335 e. The van der Waals surface area contributed by atoms with Gasteiger partial charge in [0.15, 0.2) is 0 Å². The Balaban J connectivity index is 1.54. The normalized spacial score (nSPS) is 17.1. The van der Waals surface area contributed by atoms with Crippen molar-refractivity contribution in [2.45, 2.75) is 19.4 Å². The Hall–Kier alpha value is -2.37. The van der Waals surface area contributed by atoms with Gasteiger partial charge in [0, 0.05) is 45.1 Å². The van der Waals surface area contributed by atoms with Crippen LogP contribution in [0.1, 0.15) is 12.2 Å². The smallest absolute Gasteiger partial charge is 0.322 e. The summed E-state index contributed by atoms with van der Waals surface area (Å²) in [6, 6.07) is 5.34. The lowest BCUT2D eigenvalue weighted by atomic mass is 9.99. The summed E-state index contributed by atoms with van der Waals surface area (Å²) < 4.78 is 2.18. The number of amides is 2. The van der Waals surface area contributed by atoms with Crippen LogP contribution < -0.4 is 5.32 Å². The molecule has 2 aromatic heterocycles. The van der Waals surface area contributed by atoms with E-state index in [0.29, 0.717) is 11.7 Å². The molecule has 110 valence electrons. The fourth-order valence-electron chi connectivity index (χ4n) is 2.70. The molecule has 2 amide bonds. The van der Waals surface area contributed by atoms with Gasteiger partial charge in [-0.2, -0.15) is 0 Å². The van der Waals surface area contributed by atoms with Crippen LogP contribution in [0, 0.1) is 5.92 Å². The first-order chi connectivity index (χ1) is 10.2. The van der Waals surface area contributed by atoms with Gasteiger partial charge >= 0.3 is 6.03 Å². The molecule has 0 bridgehead atoms. The van der Waals surface area contributed by atoms with Crippen LogP contribution in [-0.4, -0.2) is 39.1 Å². The van der Waals surface area contributed by atoms with E-state index in [-0.39, 0.29) is 6.03 Å². The fourth-order valence-corrected chi connectivity index (χ4v) is 2.70. The Morgan fingerprint density at radius 2 is 2.33 bits per heavy atom. The molecule has 21 heavy (non-hydrogen) atoms. The molecule has 0 fully saturated rings. The third-order valence-corrected chi connectivity index (χ3v) is 3.81. The summed E-state index contributed by atoms with van der Waals surface area (Å²) in [5.41, 5.74) is 0. The molecule has 0 aromatic carbocycles. The van der Waals surface area contributed by atoms with E-state index in [1.54, 1.807) is 17.2 Å². The third kappa shape index (κ3) is 3.21. The second-order valence-electron chi connectivity index (χ2n) is 5.43. The number of hydrogen-bond donors (Lipinski definition) is 1. The first-order valence-electron chi connectivity index (χ1n) is 7.15. The van der Waals surface area contributed by atoms with Gasteiger partial charge in [-0.3, -0.25) is 5.32 Å². The number of nitrogens with zero attached hydrogens (tertiary/aromatic N) is 4. The summed E-state index contributed by atoms with van der Waals surface area (Å²) in [5, 5.41) is 2.80. The molecule has 3 heterocycles. The molecule has 2 aromatic rings. The number of urea groups is 1. The highest BCUT2D eigenvalue weighted by Gasteiger charge is 2.21. The van der Waals surface area contributed by atoms with Crippen molar-refractivity contribution in [3.63, 3.8) is 0 Å². The zero-order valence-corrected chi connectivity index (χ0v) is 12.1. The van der Waals surface area contributed by atoms with Crippen LogP contribution in [0.2, 0.25) is 0 Å². The number of aryl methyl sites for hydroxylation is 1. The maximum Gasteiger partial charge on any atom is 0.322 e. The molecular weight excluding hydrogens is 266 g/mol. The zero-order chi connectivity index (χ0) is 14.7. The molecule has 1 atom stereocenters. The molecule has 0 unspecified atom stereocenters. The van der Waals surface area contributed by atoms with E-state index in [0.717, 1.165) is 31.8 Å². The van der Waals surface area contributed by atoms with Gasteiger partial charge in [-0.1, -0.05) is 6.07 Å². The lowest BCUT2D eigenvalue weighted by Crippen LogP contribution is -2.38. The number of carbonyl (C=O) groups excluding carboxylic acids is 1. The minimum atomic E-state index is -0.120. The number of imidazole rings is 1. The van der Waals surface area contributed by atoms with Gasteiger partial charge in [-0.25, -0.2) is 14.8 Å². The van der Waals surface area contributed by atoms with E-state index in [4.69, 9.17) is 0 Å². The van der Waals surface area contributed by atoms with Gasteiger partial charge in [-0.15, -0.1) is 0 Å². The van der Waals surface area contributed by atoms with Crippen LogP contribution in [0.15, 0.2) is 36.8 Å². The van der Waals surface area contributed by atoms with Crippen LogP contribution in [-0.2, 0) is 13.0 Å². The van der Waals surface area contributed by atoms with E-state index in [2.05, 4.69) is 19.9 Å². The summed E-state index contributed by atoms with van der Waals surface area (Å²) >= 11 is 0. The second-order valence-corrected chi connectivity index (χ2v) is 5.43. The van der Waals surface area contributed by atoms with Gasteiger partial charge in [0.05, 0.1) is 0 Å². The van der Waals surface area contributed by atoms with E-state index < -0.39 is 0 Å². The highest BCUT2D eigenvalue weighted by Crippen LogP contribution is 2.19. The van der Waals surface area contributed by atoms with Crippen molar-refractivity contribution in [1.29, 1.82) is 0 Å². The molecule has 6 nitrogen and oxygen atoms in total. The molecule has 0 radical (unpaired) electrons. The van der Waals surface area contributed by atoms with E-state index in [1.807, 2.05) is 31.6 Å². The Labute approximate surface area is 123 Å². The maximum absolute atomic E-state index is 12.1. The van der Waals surface area contributed by atoms with Crippen LogP contribution in [0.5, 0.6) is 0 Å². The number of carbonyl (C=O) groups is 1. The monoisotopic (exact) mass is 285 g/mol. The molecule has 1 aliphatic rings. The standard InChI is InChI=1S/C15H19N5O/c1-19(15(21)18-13-4-2-3-7-16-13)10-12-5-6-14-17-8-9-20(14)11-12/h2-4,7-9,12H,5-6,10-11H2,1H3,(H,16,18,21)/t12-/m1/s1. The third-order valence-electron chi connectivity index (χ3n) is 3.81.